The molecule has 0 saturated heterocycles. The third-order valence-corrected chi connectivity index (χ3v) is 2.45. The van der Waals surface area contributed by atoms with E-state index in [-0.39, 0.29) is 33.7 Å². The zero-order valence-electron chi connectivity index (χ0n) is 10.5. The van der Waals surface area contributed by atoms with Crippen LogP contribution in [-0.2, 0) is 0 Å². The van der Waals surface area contributed by atoms with Crippen LogP contribution in [0.25, 0.3) is 0 Å². The molecule has 0 amide bonds. The molecule has 0 aliphatic heterocycles. The Morgan fingerprint density at radius 2 is 2.00 bits per heavy atom. The van der Waals surface area contributed by atoms with E-state index in [0.29, 0.717) is 0 Å². The zero-order chi connectivity index (χ0) is 15.4. The lowest BCUT2D eigenvalue weighted by atomic mass is 10.4. The summed E-state index contributed by atoms with van der Waals surface area (Å²) in [4.78, 5) is 22.8. The van der Waals surface area contributed by atoms with Gasteiger partial charge in [-0.15, -0.1) is 10.2 Å². The maximum absolute atomic E-state index is 11.7. The normalized spacial score (nSPS) is 10.2. The van der Waals surface area contributed by atoms with Crippen molar-refractivity contribution < 1.29 is 4.74 Å². The molecule has 0 radical (unpaired) electrons. The SMILES string of the molecule is COc1[nH]c(=S)[nH]c(=O)c1N=Nc1nc(C#N)c(C#N)[nH]1. The molecule has 2 aromatic heterocycles. The fraction of sp³-hybridized carbons (Fsp3) is 0.100. The smallest absolute Gasteiger partial charge is 0.283 e. The summed E-state index contributed by atoms with van der Waals surface area (Å²) in [5, 5.41) is 24.9. The van der Waals surface area contributed by atoms with Gasteiger partial charge in [-0.1, -0.05) is 0 Å². The molecular formula is C10H6N8O2S. The summed E-state index contributed by atoms with van der Waals surface area (Å²) < 4.78 is 5.01. The highest BCUT2D eigenvalue weighted by atomic mass is 32.1. The lowest BCUT2D eigenvalue weighted by Gasteiger charge is -2.00. The number of nitrogens with zero attached hydrogens (tertiary/aromatic N) is 5. The van der Waals surface area contributed by atoms with Gasteiger partial charge in [-0.3, -0.25) is 9.78 Å². The summed E-state index contributed by atoms with van der Waals surface area (Å²) in [6.45, 7) is 0. The number of nitriles is 2. The van der Waals surface area contributed by atoms with E-state index in [1.54, 1.807) is 12.1 Å². The van der Waals surface area contributed by atoms with Gasteiger partial charge in [0, 0.05) is 0 Å². The number of rotatable bonds is 3. The molecule has 10 nitrogen and oxygen atoms in total. The first-order chi connectivity index (χ1) is 10.1. The van der Waals surface area contributed by atoms with Gasteiger partial charge in [0.2, 0.25) is 17.5 Å². The average molecular weight is 302 g/mol. The van der Waals surface area contributed by atoms with E-state index in [1.165, 1.54) is 7.11 Å². The third-order valence-electron chi connectivity index (χ3n) is 2.24. The van der Waals surface area contributed by atoms with E-state index in [2.05, 4.69) is 30.2 Å². The fourth-order valence-corrected chi connectivity index (χ4v) is 1.55. The van der Waals surface area contributed by atoms with Crippen molar-refractivity contribution in [1.29, 1.82) is 10.5 Å². The topological polar surface area (TPSA) is 159 Å². The molecule has 11 heteroatoms. The van der Waals surface area contributed by atoms with Crippen molar-refractivity contribution in [2.45, 2.75) is 0 Å². The predicted molar refractivity (Wildman–Crippen MR) is 71.0 cm³/mol. The fourth-order valence-electron chi connectivity index (χ4n) is 1.36. The largest absolute Gasteiger partial charge is 0.481 e. The van der Waals surface area contributed by atoms with Crippen LogP contribution in [0.5, 0.6) is 5.88 Å². The van der Waals surface area contributed by atoms with Crippen LogP contribution in [0.2, 0.25) is 0 Å². The van der Waals surface area contributed by atoms with Crippen LogP contribution >= 0.6 is 12.2 Å². The summed E-state index contributed by atoms with van der Waals surface area (Å²) in [5.41, 5.74) is -0.911. The standard InChI is InChI=1S/C10H6N8O2S/c1-20-8-6(7(19)15-10(21)16-8)17-18-9-13-4(2-11)5(3-12)14-9/h1H3,(H,13,14)(H2,15,16,19,21). The van der Waals surface area contributed by atoms with Crippen molar-refractivity contribution in [3.05, 3.63) is 26.5 Å². The Morgan fingerprint density at radius 3 is 2.57 bits per heavy atom. The third kappa shape index (κ3) is 2.83. The average Bonchev–Trinajstić information content (AvgIpc) is 2.87. The number of nitrogens with one attached hydrogen (secondary N) is 3. The van der Waals surface area contributed by atoms with Gasteiger partial charge in [-0.05, 0) is 12.2 Å². The lowest BCUT2D eigenvalue weighted by molar-refractivity contribution is 0.396. The molecule has 0 bridgehead atoms. The molecule has 0 fully saturated rings. The molecule has 0 aromatic carbocycles. The molecule has 104 valence electrons. The predicted octanol–water partition coefficient (Wildman–Crippen LogP) is 1.32. The summed E-state index contributed by atoms with van der Waals surface area (Å²) >= 11 is 4.79. The molecule has 21 heavy (non-hydrogen) atoms. The van der Waals surface area contributed by atoms with Crippen molar-refractivity contribution in [1.82, 2.24) is 19.9 Å². The first kappa shape index (κ1) is 14.1. The van der Waals surface area contributed by atoms with Crippen LogP contribution in [0.1, 0.15) is 11.4 Å². The maximum Gasteiger partial charge on any atom is 0.283 e. The quantitative estimate of drug-likeness (QED) is 0.572. The van der Waals surface area contributed by atoms with E-state index in [0.717, 1.165) is 0 Å². The van der Waals surface area contributed by atoms with Crippen LogP contribution in [-0.4, -0.2) is 27.0 Å². The van der Waals surface area contributed by atoms with E-state index in [4.69, 9.17) is 27.5 Å². The van der Waals surface area contributed by atoms with E-state index in [9.17, 15) is 4.79 Å². The number of hydrogen-bond acceptors (Lipinski definition) is 8. The second-order valence-electron chi connectivity index (χ2n) is 3.50. The van der Waals surface area contributed by atoms with Crippen LogP contribution in [0, 0.1) is 27.4 Å². The highest BCUT2D eigenvalue weighted by Gasteiger charge is 2.11. The summed E-state index contributed by atoms with van der Waals surface area (Å²) in [5.74, 6) is -0.0629. The Balaban J connectivity index is 2.46. The minimum absolute atomic E-state index is 0.0278. The van der Waals surface area contributed by atoms with Crippen LogP contribution in [0.3, 0.4) is 0 Å². The number of azo groups is 1. The van der Waals surface area contributed by atoms with Crippen LogP contribution in [0.15, 0.2) is 15.0 Å². The zero-order valence-corrected chi connectivity index (χ0v) is 11.3. The van der Waals surface area contributed by atoms with E-state index in [1.807, 2.05) is 0 Å². The maximum atomic E-state index is 11.7. The number of hydrogen-bond donors (Lipinski definition) is 3. The lowest BCUT2D eigenvalue weighted by Crippen LogP contribution is -2.08. The molecule has 0 atom stereocenters. The highest BCUT2D eigenvalue weighted by molar-refractivity contribution is 7.71. The summed E-state index contributed by atoms with van der Waals surface area (Å²) in [6, 6.07) is 3.48. The second kappa shape index (κ2) is 5.77. The van der Waals surface area contributed by atoms with E-state index < -0.39 is 5.56 Å². The first-order valence-corrected chi connectivity index (χ1v) is 5.72. The Labute approximate surface area is 121 Å². The number of imidazole rings is 1. The molecular weight excluding hydrogens is 296 g/mol. The number of methoxy groups -OCH3 is 1. The second-order valence-corrected chi connectivity index (χ2v) is 3.91. The van der Waals surface area contributed by atoms with Crippen LogP contribution in [0.4, 0.5) is 11.6 Å². The van der Waals surface area contributed by atoms with Crippen molar-refractivity contribution >= 4 is 23.9 Å². The minimum Gasteiger partial charge on any atom is -0.481 e. The Bertz CT molecular complexity index is 875. The number of H-pyrrole nitrogens is 3. The molecule has 2 heterocycles. The van der Waals surface area contributed by atoms with Gasteiger partial charge in [0.1, 0.15) is 12.1 Å². The summed E-state index contributed by atoms with van der Waals surface area (Å²) in [7, 11) is 1.33. The van der Waals surface area contributed by atoms with Crippen molar-refractivity contribution in [2.24, 2.45) is 10.2 Å². The number of aromatic nitrogens is 4. The summed E-state index contributed by atoms with van der Waals surface area (Å²) in [6.07, 6.45) is 0. The molecule has 0 spiro atoms. The number of aromatic amines is 3. The minimum atomic E-state index is -0.605. The van der Waals surface area contributed by atoms with Crippen molar-refractivity contribution in [2.75, 3.05) is 7.11 Å². The molecule has 2 rings (SSSR count). The Morgan fingerprint density at radius 1 is 1.24 bits per heavy atom. The molecule has 0 saturated carbocycles. The van der Waals surface area contributed by atoms with Crippen molar-refractivity contribution in [3.8, 4) is 18.0 Å². The van der Waals surface area contributed by atoms with Gasteiger partial charge >= 0.3 is 0 Å². The monoisotopic (exact) mass is 302 g/mol. The first-order valence-electron chi connectivity index (χ1n) is 5.31. The van der Waals surface area contributed by atoms with Gasteiger partial charge in [-0.25, -0.2) is 0 Å². The molecule has 0 unspecified atom stereocenters. The highest BCUT2D eigenvalue weighted by Crippen LogP contribution is 2.21. The Kier molecular flexibility index (Phi) is 3.87. The number of ether oxygens (including phenoxy) is 1. The van der Waals surface area contributed by atoms with Gasteiger partial charge in [0.25, 0.3) is 5.56 Å². The Hall–Kier alpha value is -3.31. The van der Waals surface area contributed by atoms with Gasteiger partial charge in [0.15, 0.2) is 16.2 Å². The van der Waals surface area contributed by atoms with Crippen LogP contribution < -0.4 is 10.3 Å². The van der Waals surface area contributed by atoms with Crippen molar-refractivity contribution in [3.63, 3.8) is 0 Å². The van der Waals surface area contributed by atoms with Gasteiger partial charge in [0.05, 0.1) is 7.11 Å². The molecule has 2 aromatic rings. The molecule has 0 aliphatic rings. The van der Waals surface area contributed by atoms with Gasteiger partial charge < -0.3 is 14.7 Å². The van der Waals surface area contributed by atoms with E-state index >= 15 is 0 Å². The molecule has 0 aliphatic carbocycles. The molecule has 3 N–H and O–H groups in total. The van der Waals surface area contributed by atoms with Gasteiger partial charge in [-0.2, -0.15) is 15.5 Å².